The van der Waals surface area contributed by atoms with Crippen molar-refractivity contribution in [2.75, 3.05) is 0 Å². The first-order valence-corrected chi connectivity index (χ1v) is 6.70. The number of nitrogens with zero attached hydrogens (tertiary/aromatic N) is 1. The topological polar surface area (TPSA) is 71.3 Å². The summed E-state index contributed by atoms with van der Waals surface area (Å²) in [4.78, 5) is 23.0. The van der Waals surface area contributed by atoms with E-state index in [0.717, 1.165) is 6.42 Å². The molecule has 0 aliphatic rings. The molecule has 0 atom stereocenters. The third kappa shape index (κ3) is 5.07. The van der Waals surface area contributed by atoms with Crippen molar-refractivity contribution in [2.24, 2.45) is 5.41 Å². The average Bonchev–Trinajstić information content (AvgIpc) is 2.59. The summed E-state index contributed by atoms with van der Waals surface area (Å²) in [5.74, 6) is -1.21. The Labute approximate surface area is 120 Å². The molecule has 0 aliphatic carbocycles. The van der Waals surface area contributed by atoms with Crippen molar-refractivity contribution in [3.05, 3.63) is 24.0 Å². The smallest absolute Gasteiger partial charge is 0.323 e. The minimum Gasteiger partial charge on any atom is -0.480 e. The van der Waals surface area contributed by atoms with E-state index in [1.807, 2.05) is 13.8 Å². The molecule has 0 aromatic carbocycles. The Balaban J connectivity index is 2.81. The Kier molecular flexibility index (Phi) is 4.63. The maximum absolute atomic E-state index is 12.3. The molecule has 1 rings (SSSR count). The molecule has 5 heteroatoms. The first kappa shape index (κ1) is 16.3. The summed E-state index contributed by atoms with van der Waals surface area (Å²) in [7, 11) is 0. The Hall–Kier alpha value is -1.78. The fraction of sp³-hybridized carbons (Fsp3) is 0.600. The van der Waals surface area contributed by atoms with Crippen molar-refractivity contribution in [3.8, 4) is 0 Å². The Bertz CT molecular complexity index is 495. The lowest BCUT2D eigenvalue weighted by molar-refractivity contribution is -0.137. The molecule has 0 unspecified atom stereocenters. The van der Waals surface area contributed by atoms with Crippen molar-refractivity contribution < 1.29 is 14.7 Å². The number of aliphatic carboxylic acids is 1. The van der Waals surface area contributed by atoms with Gasteiger partial charge in [0.2, 0.25) is 0 Å². The van der Waals surface area contributed by atoms with Crippen LogP contribution >= 0.6 is 0 Å². The highest BCUT2D eigenvalue weighted by atomic mass is 16.4. The maximum atomic E-state index is 12.3. The summed E-state index contributed by atoms with van der Waals surface area (Å²) in [5, 5.41) is 11.8. The highest BCUT2D eigenvalue weighted by molar-refractivity contribution is 5.93. The van der Waals surface area contributed by atoms with Gasteiger partial charge in [-0.05, 0) is 37.8 Å². The first-order valence-electron chi connectivity index (χ1n) is 6.70. The first-order chi connectivity index (χ1) is 9.00. The molecular weight excluding hydrogens is 256 g/mol. The second-order valence-corrected chi connectivity index (χ2v) is 6.99. The minimum atomic E-state index is -0.968. The summed E-state index contributed by atoms with van der Waals surface area (Å²) in [6.07, 6.45) is 2.42. The lowest BCUT2D eigenvalue weighted by atomic mass is 9.82. The summed E-state index contributed by atoms with van der Waals surface area (Å²) in [6.45, 7) is 10.1. The van der Waals surface area contributed by atoms with Crippen molar-refractivity contribution in [3.63, 3.8) is 0 Å². The number of carboxylic acid groups (broad SMARTS) is 1. The molecule has 0 radical (unpaired) electrons. The maximum Gasteiger partial charge on any atom is 0.323 e. The van der Waals surface area contributed by atoms with Gasteiger partial charge in [0.1, 0.15) is 12.2 Å². The molecule has 0 aliphatic heterocycles. The van der Waals surface area contributed by atoms with Crippen LogP contribution in [0, 0.1) is 5.41 Å². The Morgan fingerprint density at radius 2 is 1.85 bits per heavy atom. The number of hydrogen-bond acceptors (Lipinski definition) is 2. The number of nitrogens with one attached hydrogen (secondary N) is 1. The molecule has 1 aromatic heterocycles. The predicted octanol–water partition coefficient (Wildman–Crippen LogP) is 2.52. The number of hydrogen-bond donors (Lipinski definition) is 2. The van der Waals surface area contributed by atoms with E-state index < -0.39 is 5.97 Å². The molecule has 0 spiro atoms. The van der Waals surface area contributed by atoms with Gasteiger partial charge in [-0.25, -0.2) is 0 Å². The van der Waals surface area contributed by atoms with Gasteiger partial charge >= 0.3 is 5.97 Å². The van der Waals surface area contributed by atoms with Crippen LogP contribution in [0.1, 0.15) is 51.5 Å². The Morgan fingerprint density at radius 3 is 2.35 bits per heavy atom. The van der Waals surface area contributed by atoms with Gasteiger partial charge in [0, 0.05) is 11.7 Å². The van der Waals surface area contributed by atoms with Crippen LogP contribution in [0.25, 0.3) is 0 Å². The van der Waals surface area contributed by atoms with Crippen LogP contribution in [0.3, 0.4) is 0 Å². The van der Waals surface area contributed by atoms with Gasteiger partial charge in [0.05, 0.1) is 0 Å². The monoisotopic (exact) mass is 280 g/mol. The summed E-state index contributed by atoms with van der Waals surface area (Å²) in [6, 6.07) is 3.31. The van der Waals surface area contributed by atoms with Crippen LogP contribution in [0.4, 0.5) is 0 Å². The van der Waals surface area contributed by atoms with E-state index >= 15 is 0 Å². The van der Waals surface area contributed by atoms with E-state index in [2.05, 4.69) is 26.1 Å². The van der Waals surface area contributed by atoms with Crippen molar-refractivity contribution in [1.29, 1.82) is 0 Å². The molecular formula is C15H24N2O3. The van der Waals surface area contributed by atoms with Crippen molar-refractivity contribution in [2.45, 2.75) is 53.1 Å². The van der Waals surface area contributed by atoms with Gasteiger partial charge in [0.15, 0.2) is 0 Å². The molecule has 112 valence electrons. The average molecular weight is 280 g/mol. The lowest BCUT2D eigenvalue weighted by Gasteiger charge is -2.33. The quantitative estimate of drug-likeness (QED) is 0.870. The number of aromatic nitrogens is 1. The fourth-order valence-corrected chi connectivity index (χ4v) is 2.65. The summed E-state index contributed by atoms with van der Waals surface area (Å²) >= 11 is 0. The third-order valence-electron chi connectivity index (χ3n) is 2.79. The van der Waals surface area contributed by atoms with Crippen LogP contribution in [0.5, 0.6) is 0 Å². The van der Waals surface area contributed by atoms with E-state index in [4.69, 9.17) is 5.11 Å². The molecule has 0 saturated carbocycles. The predicted molar refractivity (Wildman–Crippen MR) is 77.7 cm³/mol. The van der Waals surface area contributed by atoms with Crippen LogP contribution in [-0.2, 0) is 11.3 Å². The fourth-order valence-electron chi connectivity index (χ4n) is 2.65. The molecule has 1 amide bonds. The van der Waals surface area contributed by atoms with Crippen LogP contribution < -0.4 is 5.32 Å². The van der Waals surface area contributed by atoms with Crippen LogP contribution in [0.2, 0.25) is 0 Å². The second kappa shape index (κ2) is 5.69. The molecule has 0 saturated heterocycles. The lowest BCUT2D eigenvalue weighted by Crippen LogP contribution is -2.46. The normalized spacial score (nSPS) is 12.2. The number of amides is 1. The number of rotatable bonds is 5. The third-order valence-corrected chi connectivity index (χ3v) is 2.79. The van der Waals surface area contributed by atoms with Gasteiger partial charge in [0.25, 0.3) is 5.91 Å². The van der Waals surface area contributed by atoms with Gasteiger partial charge in [-0.2, -0.15) is 0 Å². The standard InChI is InChI=1S/C15H24N2O3/c1-14(2,3)10-15(4,5)16-13(20)11-7-6-8-17(11)9-12(18)19/h6-8H,9-10H2,1-5H3,(H,16,20)(H,18,19). The molecule has 5 nitrogen and oxygen atoms in total. The second-order valence-electron chi connectivity index (χ2n) is 6.99. The van der Waals surface area contributed by atoms with E-state index in [-0.39, 0.29) is 23.4 Å². The van der Waals surface area contributed by atoms with E-state index in [1.54, 1.807) is 18.3 Å². The SMILES string of the molecule is CC(C)(C)CC(C)(C)NC(=O)c1cccn1CC(=O)O. The van der Waals surface area contributed by atoms with E-state index in [9.17, 15) is 9.59 Å². The molecule has 2 N–H and O–H groups in total. The zero-order chi connectivity index (χ0) is 15.6. The van der Waals surface area contributed by atoms with Crippen LogP contribution in [-0.4, -0.2) is 27.1 Å². The zero-order valence-electron chi connectivity index (χ0n) is 12.9. The zero-order valence-corrected chi connectivity index (χ0v) is 12.9. The number of carbonyl (C=O) groups excluding carboxylic acids is 1. The highest BCUT2D eigenvalue weighted by Gasteiger charge is 2.28. The largest absolute Gasteiger partial charge is 0.480 e. The van der Waals surface area contributed by atoms with Gasteiger partial charge in [-0.15, -0.1) is 0 Å². The Morgan fingerprint density at radius 1 is 1.25 bits per heavy atom. The molecule has 1 aromatic rings. The van der Waals surface area contributed by atoms with Crippen molar-refractivity contribution in [1.82, 2.24) is 9.88 Å². The summed E-state index contributed by atoms with van der Waals surface area (Å²) < 4.78 is 1.44. The number of carbonyl (C=O) groups is 2. The number of carboxylic acids is 1. The van der Waals surface area contributed by atoms with Crippen LogP contribution in [0.15, 0.2) is 18.3 Å². The van der Waals surface area contributed by atoms with E-state index in [1.165, 1.54) is 4.57 Å². The molecule has 0 fully saturated rings. The van der Waals surface area contributed by atoms with Gasteiger partial charge in [-0.3, -0.25) is 9.59 Å². The van der Waals surface area contributed by atoms with Gasteiger partial charge < -0.3 is 15.0 Å². The molecule has 1 heterocycles. The minimum absolute atomic E-state index is 0.0971. The summed E-state index contributed by atoms with van der Waals surface area (Å²) in [5.41, 5.74) is 0.113. The van der Waals surface area contributed by atoms with Gasteiger partial charge in [-0.1, -0.05) is 20.8 Å². The molecule has 0 bridgehead atoms. The van der Waals surface area contributed by atoms with E-state index in [0.29, 0.717) is 5.69 Å². The van der Waals surface area contributed by atoms with Crippen molar-refractivity contribution >= 4 is 11.9 Å². The molecule has 20 heavy (non-hydrogen) atoms. The highest BCUT2D eigenvalue weighted by Crippen LogP contribution is 2.27.